The van der Waals surface area contributed by atoms with Gasteiger partial charge >= 0.3 is 6.01 Å². The summed E-state index contributed by atoms with van der Waals surface area (Å²) in [5, 5.41) is 9.97. The predicted octanol–water partition coefficient (Wildman–Crippen LogP) is 5.41. The summed E-state index contributed by atoms with van der Waals surface area (Å²) in [5.41, 5.74) is 6.25. The van der Waals surface area contributed by atoms with Gasteiger partial charge in [0, 0.05) is 23.1 Å². The number of rotatable bonds is 5. The fraction of sp³-hybridized carbons (Fsp3) is 0.185. The lowest BCUT2D eigenvalue weighted by Crippen LogP contribution is -2.38. The maximum atomic E-state index is 12.3. The summed E-state index contributed by atoms with van der Waals surface area (Å²) in [5.74, 6) is 1.67. The first-order valence-electron chi connectivity index (χ1n) is 11.8. The van der Waals surface area contributed by atoms with Crippen molar-refractivity contribution in [1.82, 2.24) is 20.6 Å². The van der Waals surface area contributed by atoms with Crippen LogP contribution < -0.4 is 15.1 Å². The molecule has 0 spiro atoms. The van der Waals surface area contributed by atoms with Crippen molar-refractivity contribution in [2.45, 2.75) is 35.7 Å². The molecule has 37 heavy (non-hydrogen) atoms. The van der Waals surface area contributed by atoms with Crippen LogP contribution in [0.3, 0.4) is 0 Å². The number of nitrogens with one attached hydrogen (secondary N) is 1. The zero-order valence-electron chi connectivity index (χ0n) is 20.3. The Morgan fingerprint density at radius 2 is 1.73 bits per heavy atom. The molecule has 0 saturated carbocycles. The predicted molar refractivity (Wildman–Crippen MR) is 140 cm³/mol. The maximum absolute atomic E-state index is 12.3. The number of anilines is 2. The molecule has 2 aliphatic heterocycles. The molecule has 3 heterocycles. The summed E-state index contributed by atoms with van der Waals surface area (Å²) in [7, 11) is 1.62. The number of nitrogens with zero attached hydrogens (tertiary/aromatic N) is 5. The summed E-state index contributed by atoms with van der Waals surface area (Å²) in [6.07, 6.45) is 0.494. The Kier molecular flexibility index (Phi) is 6.01. The number of ether oxygens (including phenoxy) is 1. The van der Waals surface area contributed by atoms with Crippen LogP contribution in [0.2, 0.25) is 0 Å². The van der Waals surface area contributed by atoms with Crippen LogP contribution in [0, 0.1) is 0 Å². The van der Waals surface area contributed by atoms with Gasteiger partial charge < -0.3 is 14.1 Å². The molecule has 1 fully saturated rings. The molecule has 9 nitrogen and oxygen atoms in total. The number of hydrogen-bond donors (Lipinski definition) is 1. The van der Waals surface area contributed by atoms with Gasteiger partial charge in [-0.05, 0) is 42.0 Å². The summed E-state index contributed by atoms with van der Waals surface area (Å²) >= 11 is 1.75. The third-order valence-electron chi connectivity index (χ3n) is 6.30. The van der Waals surface area contributed by atoms with Crippen LogP contribution in [-0.4, -0.2) is 34.1 Å². The number of aliphatic imine (C=N–C) groups is 1. The second-order valence-corrected chi connectivity index (χ2v) is 9.74. The molecule has 1 aromatic heterocycles. The molecule has 1 N–H and O–H groups in total. The SMILES string of the molecule is COc1ccc(C2C/C(=N/c3nnc(CN4c5ccccc5Sc5ccccc54)o3)NN2C(C)=O)cc1. The number of amides is 1. The van der Waals surface area contributed by atoms with Gasteiger partial charge in [0.1, 0.15) is 18.1 Å². The Morgan fingerprint density at radius 1 is 1.05 bits per heavy atom. The van der Waals surface area contributed by atoms with Gasteiger partial charge in [-0.15, -0.1) is 5.10 Å². The number of carbonyl (C=O) groups is 1. The van der Waals surface area contributed by atoms with Crippen molar-refractivity contribution in [3.05, 3.63) is 84.3 Å². The van der Waals surface area contributed by atoms with Crippen molar-refractivity contribution >= 4 is 40.9 Å². The highest BCUT2D eigenvalue weighted by Crippen LogP contribution is 2.48. The molecule has 0 aliphatic carbocycles. The molecule has 1 atom stereocenters. The van der Waals surface area contributed by atoms with E-state index in [-0.39, 0.29) is 18.0 Å². The van der Waals surface area contributed by atoms with E-state index in [1.54, 1.807) is 23.9 Å². The molecule has 186 valence electrons. The summed E-state index contributed by atoms with van der Waals surface area (Å²) in [6, 6.07) is 24.1. The van der Waals surface area contributed by atoms with Crippen LogP contribution in [0.1, 0.15) is 30.8 Å². The lowest BCUT2D eigenvalue weighted by Gasteiger charge is -2.31. The maximum Gasteiger partial charge on any atom is 0.344 e. The molecule has 3 aromatic carbocycles. The van der Waals surface area contributed by atoms with Crippen LogP contribution in [0.4, 0.5) is 17.4 Å². The summed E-state index contributed by atoms with van der Waals surface area (Å²) < 4.78 is 11.2. The highest BCUT2D eigenvalue weighted by atomic mass is 32.2. The number of hydrogen-bond acceptors (Lipinski definition) is 8. The number of methoxy groups -OCH3 is 1. The van der Waals surface area contributed by atoms with Gasteiger partial charge in [0.15, 0.2) is 0 Å². The van der Waals surface area contributed by atoms with Crippen molar-refractivity contribution in [1.29, 1.82) is 0 Å². The van der Waals surface area contributed by atoms with E-state index in [0.29, 0.717) is 24.7 Å². The van der Waals surface area contributed by atoms with Crippen molar-refractivity contribution < 1.29 is 13.9 Å². The van der Waals surface area contributed by atoms with Crippen molar-refractivity contribution in [3.8, 4) is 5.75 Å². The lowest BCUT2D eigenvalue weighted by molar-refractivity contribution is -0.132. The molecular formula is C27H24N6O3S. The van der Waals surface area contributed by atoms with Crippen molar-refractivity contribution in [2.75, 3.05) is 12.0 Å². The second-order valence-electron chi connectivity index (χ2n) is 8.65. The monoisotopic (exact) mass is 512 g/mol. The highest BCUT2D eigenvalue weighted by Gasteiger charge is 2.33. The Morgan fingerprint density at radius 3 is 2.38 bits per heavy atom. The molecule has 2 aliphatic rings. The third kappa shape index (κ3) is 4.51. The summed E-state index contributed by atoms with van der Waals surface area (Å²) in [6.45, 7) is 1.93. The van der Waals surface area contributed by atoms with Gasteiger partial charge in [0.25, 0.3) is 0 Å². The first-order chi connectivity index (χ1) is 18.1. The fourth-order valence-corrected chi connectivity index (χ4v) is 5.65. The van der Waals surface area contributed by atoms with Crippen molar-refractivity contribution in [3.63, 3.8) is 0 Å². The average molecular weight is 513 g/mol. The smallest absolute Gasteiger partial charge is 0.344 e. The number of carbonyl (C=O) groups excluding carboxylic acids is 1. The molecule has 10 heteroatoms. The molecule has 1 saturated heterocycles. The number of para-hydroxylation sites is 2. The first-order valence-corrected chi connectivity index (χ1v) is 12.6. The Balaban J connectivity index is 1.24. The first kappa shape index (κ1) is 23.1. The second kappa shape index (κ2) is 9.62. The van der Waals surface area contributed by atoms with Gasteiger partial charge in [0.2, 0.25) is 11.8 Å². The minimum atomic E-state index is -0.205. The van der Waals surface area contributed by atoms with Gasteiger partial charge in [-0.25, -0.2) is 5.01 Å². The van der Waals surface area contributed by atoms with E-state index in [2.05, 4.69) is 49.8 Å². The molecule has 4 aromatic rings. The topological polar surface area (TPSA) is 96.1 Å². The Hall–Kier alpha value is -4.31. The number of hydrazine groups is 1. The fourth-order valence-electron chi connectivity index (χ4n) is 4.55. The largest absolute Gasteiger partial charge is 0.497 e. The number of aromatic nitrogens is 2. The van der Waals surface area contributed by atoms with E-state index in [0.717, 1.165) is 22.7 Å². The van der Waals surface area contributed by atoms with E-state index in [4.69, 9.17) is 9.15 Å². The van der Waals surface area contributed by atoms with Gasteiger partial charge in [-0.2, -0.15) is 4.99 Å². The van der Waals surface area contributed by atoms with Crippen LogP contribution in [0.5, 0.6) is 5.75 Å². The van der Waals surface area contributed by atoms with Gasteiger partial charge in [-0.1, -0.05) is 53.3 Å². The molecule has 6 rings (SSSR count). The zero-order chi connectivity index (χ0) is 25.4. The standard InChI is InChI=1S/C27H24N6O3S/c1-17(34)33-22(18-11-13-19(35-2)14-12-18)15-25(31-33)28-27-30-29-26(36-27)16-32-20-7-3-5-9-23(20)37-24-10-6-4-8-21(24)32/h3-14,22H,15-16H2,1-2H3,(H,28,30,31). The van der Waals surface area contributed by atoms with Crippen molar-refractivity contribution in [2.24, 2.45) is 4.99 Å². The molecular weight excluding hydrogens is 488 g/mol. The van der Waals surface area contributed by atoms with Gasteiger partial charge in [-0.3, -0.25) is 10.2 Å². The molecule has 0 radical (unpaired) electrons. The third-order valence-corrected chi connectivity index (χ3v) is 7.43. The summed E-state index contributed by atoms with van der Waals surface area (Å²) in [4.78, 5) is 21.3. The Labute approximate surface area is 218 Å². The van der Waals surface area contributed by atoms with E-state index in [1.807, 2.05) is 48.5 Å². The quantitative estimate of drug-likeness (QED) is 0.379. The molecule has 1 unspecified atom stereocenters. The minimum Gasteiger partial charge on any atom is -0.497 e. The van der Waals surface area contributed by atoms with Crippen LogP contribution in [-0.2, 0) is 11.3 Å². The number of benzene rings is 3. The number of fused-ring (bicyclic) bond motifs is 2. The number of amidine groups is 1. The lowest BCUT2D eigenvalue weighted by atomic mass is 10.0. The van der Waals surface area contributed by atoms with E-state index < -0.39 is 0 Å². The Bertz CT molecular complexity index is 1440. The van der Waals surface area contributed by atoms with Crippen LogP contribution in [0.25, 0.3) is 0 Å². The van der Waals surface area contributed by atoms with E-state index in [1.165, 1.54) is 16.7 Å². The highest BCUT2D eigenvalue weighted by molar-refractivity contribution is 7.99. The van der Waals surface area contributed by atoms with E-state index >= 15 is 0 Å². The minimum absolute atomic E-state index is 0.113. The van der Waals surface area contributed by atoms with E-state index in [9.17, 15) is 4.79 Å². The molecule has 0 bridgehead atoms. The van der Waals surface area contributed by atoms with Crippen LogP contribution >= 0.6 is 11.8 Å². The normalized spacial score (nSPS) is 17.4. The molecule has 1 amide bonds. The zero-order valence-corrected chi connectivity index (χ0v) is 21.1. The average Bonchev–Trinajstić information content (AvgIpc) is 3.56. The van der Waals surface area contributed by atoms with Crippen LogP contribution in [0.15, 0.2) is 92.0 Å². The van der Waals surface area contributed by atoms with Gasteiger partial charge in [0.05, 0.1) is 24.5 Å².